The number of carbonyl (C=O) groups excluding carboxylic acids is 1. The van der Waals surface area contributed by atoms with Crippen molar-refractivity contribution in [3.63, 3.8) is 0 Å². The van der Waals surface area contributed by atoms with Gasteiger partial charge >= 0.3 is 6.03 Å². The SMILES string of the molecule is COC(C)(C)CC1(C)C(=N)NC(=O)N1CC1CC1. The molecule has 1 heterocycles. The zero-order valence-electron chi connectivity index (χ0n) is 11.7. The summed E-state index contributed by atoms with van der Waals surface area (Å²) in [6.07, 6.45) is 3.02. The topological polar surface area (TPSA) is 65.4 Å². The number of nitrogens with zero attached hydrogens (tertiary/aromatic N) is 1. The molecular weight excluding hydrogens is 230 g/mol. The van der Waals surface area contributed by atoms with Crippen LogP contribution in [-0.2, 0) is 4.74 Å². The van der Waals surface area contributed by atoms with Crippen LogP contribution < -0.4 is 5.32 Å². The van der Waals surface area contributed by atoms with E-state index in [0.717, 1.165) is 6.54 Å². The van der Waals surface area contributed by atoms with Crippen molar-refractivity contribution in [3.05, 3.63) is 0 Å². The molecule has 2 fully saturated rings. The van der Waals surface area contributed by atoms with E-state index in [1.54, 1.807) is 7.11 Å². The van der Waals surface area contributed by atoms with Crippen molar-refractivity contribution in [2.45, 2.75) is 51.2 Å². The van der Waals surface area contributed by atoms with Gasteiger partial charge in [0.1, 0.15) is 11.4 Å². The maximum Gasteiger partial charge on any atom is 0.323 e. The first kappa shape index (κ1) is 13.3. The largest absolute Gasteiger partial charge is 0.379 e. The number of hydrogen-bond acceptors (Lipinski definition) is 3. The number of nitrogens with one attached hydrogen (secondary N) is 2. The van der Waals surface area contributed by atoms with Gasteiger partial charge in [-0.2, -0.15) is 0 Å². The van der Waals surface area contributed by atoms with Gasteiger partial charge in [-0.3, -0.25) is 10.7 Å². The highest BCUT2D eigenvalue weighted by atomic mass is 16.5. The molecule has 2 amide bonds. The molecule has 0 aromatic carbocycles. The molecule has 2 rings (SSSR count). The number of hydrogen-bond donors (Lipinski definition) is 2. The summed E-state index contributed by atoms with van der Waals surface area (Å²) in [5.41, 5.74) is -0.922. The minimum atomic E-state index is -0.570. The summed E-state index contributed by atoms with van der Waals surface area (Å²) in [5.74, 6) is 0.907. The van der Waals surface area contributed by atoms with Crippen molar-refractivity contribution >= 4 is 11.9 Å². The molecular formula is C13H23N3O2. The molecule has 0 aromatic heterocycles. The van der Waals surface area contributed by atoms with E-state index < -0.39 is 5.54 Å². The molecule has 0 radical (unpaired) electrons. The van der Waals surface area contributed by atoms with Crippen LogP contribution >= 0.6 is 0 Å². The number of rotatable bonds is 5. The second-order valence-corrected chi connectivity index (χ2v) is 6.27. The van der Waals surface area contributed by atoms with Crippen LogP contribution in [-0.4, -0.2) is 41.6 Å². The second-order valence-electron chi connectivity index (χ2n) is 6.27. The van der Waals surface area contributed by atoms with Crippen molar-refractivity contribution in [3.8, 4) is 0 Å². The third-order valence-corrected chi connectivity index (χ3v) is 4.07. The van der Waals surface area contributed by atoms with Gasteiger partial charge in [0.25, 0.3) is 0 Å². The fraction of sp³-hybridized carbons (Fsp3) is 0.846. The lowest BCUT2D eigenvalue weighted by molar-refractivity contribution is -0.00923. The van der Waals surface area contributed by atoms with Gasteiger partial charge in [0, 0.05) is 20.1 Å². The van der Waals surface area contributed by atoms with Gasteiger partial charge in [-0.15, -0.1) is 0 Å². The van der Waals surface area contributed by atoms with E-state index in [1.165, 1.54) is 12.8 Å². The first-order valence-electron chi connectivity index (χ1n) is 6.51. The van der Waals surface area contributed by atoms with E-state index in [0.29, 0.717) is 18.2 Å². The van der Waals surface area contributed by atoms with Gasteiger partial charge in [0.2, 0.25) is 0 Å². The second kappa shape index (κ2) is 4.23. The zero-order valence-corrected chi connectivity index (χ0v) is 11.7. The predicted molar refractivity (Wildman–Crippen MR) is 69.8 cm³/mol. The highest BCUT2D eigenvalue weighted by molar-refractivity contribution is 6.08. The molecule has 2 N–H and O–H groups in total. The number of carbonyl (C=O) groups is 1. The number of urea groups is 1. The molecule has 18 heavy (non-hydrogen) atoms. The fourth-order valence-electron chi connectivity index (χ4n) is 2.60. The summed E-state index contributed by atoms with van der Waals surface area (Å²) < 4.78 is 5.45. The highest BCUT2D eigenvalue weighted by Gasteiger charge is 2.50. The van der Waals surface area contributed by atoms with Crippen LogP contribution in [0.15, 0.2) is 0 Å². The molecule has 0 aromatic rings. The third kappa shape index (κ3) is 2.36. The minimum absolute atomic E-state index is 0.138. The standard InChI is InChI=1S/C13H23N3O2/c1-12(2,18-4)8-13(3)10(14)15-11(17)16(13)7-9-5-6-9/h9H,5-8H2,1-4H3,(H2,14,15,17). The summed E-state index contributed by atoms with van der Waals surface area (Å²) in [6, 6.07) is -0.138. The molecule has 0 spiro atoms. The van der Waals surface area contributed by atoms with Crippen LogP contribution in [0.2, 0.25) is 0 Å². The van der Waals surface area contributed by atoms with Crippen molar-refractivity contribution in [2.24, 2.45) is 5.92 Å². The quantitative estimate of drug-likeness (QED) is 0.786. The van der Waals surface area contributed by atoms with Gasteiger partial charge in [-0.1, -0.05) is 0 Å². The lowest BCUT2D eigenvalue weighted by Crippen LogP contribution is -2.52. The lowest BCUT2D eigenvalue weighted by atomic mass is 9.86. The van der Waals surface area contributed by atoms with Crippen LogP contribution in [0.4, 0.5) is 4.79 Å². The van der Waals surface area contributed by atoms with Gasteiger partial charge in [0.05, 0.1) is 5.60 Å². The molecule has 1 saturated heterocycles. The Balaban J connectivity index is 2.19. The molecule has 0 bridgehead atoms. The number of amides is 2. The highest BCUT2D eigenvalue weighted by Crippen LogP contribution is 2.37. The summed E-state index contributed by atoms with van der Waals surface area (Å²) >= 11 is 0. The Kier molecular flexibility index (Phi) is 3.13. The van der Waals surface area contributed by atoms with Gasteiger partial charge in [-0.25, -0.2) is 4.79 Å². The summed E-state index contributed by atoms with van der Waals surface area (Å²) in [7, 11) is 1.67. The van der Waals surface area contributed by atoms with Gasteiger partial charge < -0.3 is 9.64 Å². The Labute approximate surface area is 108 Å². The van der Waals surface area contributed by atoms with Crippen LogP contribution in [0.25, 0.3) is 0 Å². The zero-order chi connectivity index (χ0) is 13.6. The average molecular weight is 253 g/mol. The summed E-state index contributed by atoms with van der Waals surface area (Å²) in [5, 5.41) is 10.7. The Bertz CT molecular complexity index is 376. The van der Waals surface area contributed by atoms with Crippen LogP contribution in [0, 0.1) is 11.3 Å². The first-order valence-corrected chi connectivity index (χ1v) is 6.51. The average Bonchev–Trinajstić information content (AvgIpc) is 3.05. The smallest absolute Gasteiger partial charge is 0.323 e. The van der Waals surface area contributed by atoms with Crippen molar-refractivity contribution in [1.82, 2.24) is 10.2 Å². The Hall–Kier alpha value is -1.10. The van der Waals surface area contributed by atoms with Crippen LogP contribution in [0.5, 0.6) is 0 Å². The molecule has 1 unspecified atom stereocenters. The van der Waals surface area contributed by atoms with Crippen LogP contribution in [0.3, 0.4) is 0 Å². The lowest BCUT2D eigenvalue weighted by Gasteiger charge is -2.38. The predicted octanol–water partition coefficient (Wildman–Crippen LogP) is 1.97. The molecule has 5 heteroatoms. The summed E-state index contributed by atoms with van der Waals surface area (Å²) in [4.78, 5) is 13.8. The first-order chi connectivity index (χ1) is 8.28. The molecule has 102 valence electrons. The maximum atomic E-state index is 12.0. The number of methoxy groups -OCH3 is 1. The minimum Gasteiger partial charge on any atom is -0.379 e. The van der Waals surface area contributed by atoms with Crippen molar-refractivity contribution in [1.29, 1.82) is 5.41 Å². The summed E-state index contributed by atoms with van der Waals surface area (Å²) in [6.45, 7) is 6.69. The van der Waals surface area contributed by atoms with E-state index in [-0.39, 0.29) is 11.6 Å². The van der Waals surface area contributed by atoms with Gasteiger partial charge in [0.15, 0.2) is 0 Å². The van der Waals surface area contributed by atoms with E-state index in [4.69, 9.17) is 10.1 Å². The molecule has 1 aliphatic carbocycles. The third-order valence-electron chi connectivity index (χ3n) is 4.07. The molecule has 1 saturated carbocycles. The van der Waals surface area contributed by atoms with E-state index in [9.17, 15) is 4.79 Å². The molecule has 5 nitrogen and oxygen atoms in total. The Morgan fingerprint density at radius 2 is 2.17 bits per heavy atom. The molecule has 1 atom stereocenters. The molecule has 1 aliphatic heterocycles. The van der Waals surface area contributed by atoms with E-state index in [1.807, 2.05) is 25.7 Å². The van der Waals surface area contributed by atoms with Crippen molar-refractivity contribution < 1.29 is 9.53 Å². The number of ether oxygens (including phenoxy) is 1. The normalized spacial score (nSPS) is 28.8. The fourth-order valence-corrected chi connectivity index (χ4v) is 2.60. The Morgan fingerprint density at radius 3 is 2.67 bits per heavy atom. The van der Waals surface area contributed by atoms with Crippen LogP contribution in [0.1, 0.15) is 40.0 Å². The van der Waals surface area contributed by atoms with E-state index in [2.05, 4.69) is 5.32 Å². The monoisotopic (exact) mass is 253 g/mol. The van der Waals surface area contributed by atoms with Crippen molar-refractivity contribution in [2.75, 3.05) is 13.7 Å². The van der Waals surface area contributed by atoms with Gasteiger partial charge in [-0.05, 0) is 39.5 Å². The molecule has 2 aliphatic rings. The van der Waals surface area contributed by atoms with E-state index >= 15 is 0 Å². The Morgan fingerprint density at radius 1 is 1.56 bits per heavy atom. The number of amidine groups is 1. The maximum absolute atomic E-state index is 12.0.